The quantitative estimate of drug-likeness (QED) is 0.880. The van der Waals surface area contributed by atoms with Crippen LogP contribution in [-0.2, 0) is 0 Å². The van der Waals surface area contributed by atoms with Crippen molar-refractivity contribution in [2.45, 2.75) is 65.2 Å². The van der Waals surface area contributed by atoms with E-state index in [4.69, 9.17) is 9.97 Å². The molecule has 1 aromatic rings. The first-order valence-corrected chi connectivity index (χ1v) is 7.62. The Morgan fingerprint density at radius 3 is 2.53 bits per heavy atom. The van der Waals surface area contributed by atoms with Gasteiger partial charge in [0.25, 0.3) is 0 Å². The van der Waals surface area contributed by atoms with Gasteiger partial charge < -0.3 is 5.32 Å². The lowest BCUT2D eigenvalue weighted by Gasteiger charge is -2.18. The summed E-state index contributed by atoms with van der Waals surface area (Å²) in [6.07, 6.45) is 5.14. The Morgan fingerprint density at radius 1 is 1.26 bits per heavy atom. The molecule has 0 saturated heterocycles. The van der Waals surface area contributed by atoms with Gasteiger partial charge in [-0.3, -0.25) is 0 Å². The van der Waals surface area contributed by atoms with Crippen molar-refractivity contribution in [3.8, 4) is 0 Å². The van der Waals surface area contributed by atoms with Crippen LogP contribution in [0.1, 0.15) is 75.4 Å². The van der Waals surface area contributed by atoms with E-state index in [-0.39, 0.29) is 0 Å². The van der Waals surface area contributed by atoms with Crippen molar-refractivity contribution < 1.29 is 0 Å². The summed E-state index contributed by atoms with van der Waals surface area (Å²) < 4.78 is 0. The van der Waals surface area contributed by atoms with Gasteiger partial charge in [-0.25, -0.2) is 9.97 Å². The predicted molar refractivity (Wildman–Crippen MR) is 80.8 cm³/mol. The number of hydrogen-bond donors (Lipinski definition) is 1. The highest BCUT2D eigenvalue weighted by Crippen LogP contribution is 2.39. The number of aromatic nitrogens is 2. The fourth-order valence-electron chi connectivity index (χ4n) is 3.35. The van der Waals surface area contributed by atoms with Gasteiger partial charge >= 0.3 is 0 Å². The minimum absolute atomic E-state index is 0.462. The van der Waals surface area contributed by atoms with Crippen LogP contribution in [0, 0.1) is 12.8 Å². The molecule has 1 aliphatic carbocycles. The molecule has 0 aromatic carbocycles. The number of anilines is 1. The number of nitrogens with one attached hydrogen (secondary N) is 1. The Hall–Kier alpha value is -1.12. The lowest BCUT2D eigenvalue weighted by Crippen LogP contribution is -2.11. The van der Waals surface area contributed by atoms with Gasteiger partial charge in [-0.2, -0.15) is 0 Å². The molecule has 1 aromatic heterocycles. The Labute approximate surface area is 117 Å². The normalized spacial score (nSPS) is 23.1. The van der Waals surface area contributed by atoms with Crippen molar-refractivity contribution in [1.29, 1.82) is 0 Å². The van der Waals surface area contributed by atoms with Crippen molar-refractivity contribution >= 4 is 5.82 Å². The third-order valence-corrected chi connectivity index (χ3v) is 4.45. The molecule has 106 valence electrons. The summed E-state index contributed by atoms with van der Waals surface area (Å²) in [4.78, 5) is 9.60. The predicted octanol–water partition coefficient (Wildman–Crippen LogP) is 4.24. The maximum absolute atomic E-state index is 4.80. The Bertz CT molecular complexity index is 440. The molecule has 0 aliphatic heterocycles. The maximum atomic E-state index is 4.80. The highest BCUT2D eigenvalue weighted by atomic mass is 15.0. The van der Waals surface area contributed by atoms with E-state index >= 15 is 0 Å². The molecule has 3 heteroatoms. The summed E-state index contributed by atoms with van der Waals surface area (Å²) in [7, 11) is 1.96. The smallest absolute Gasteiger partial charge is 0.134 e. The zero-order valence-corrected chi connectivity index (χ0v) is 13.0. The van der Waals surface area contributed by atoms with Gasteiger partial charge in [-0.1, -0.05) is 27.2 Å². The standard InChI is InChI=1S/C16H27N3/c1-6-12-7-8-13(9-12)15-18-11(4)14(10(2)3)16(17-5)19-15/h10,12-13H,6-9H2,1-5H3,(H,17,18,19). The van der Waals surface area contributed by atoms with E-state index in [1.807, 2.05) is 7.05 Å². The first kappa shape index (κ1) is 14.3. The lowest BCUT2D eigenvalue weighted by atomic mass is 9.99. The topological polar surface area (TPSA) is 37.8 Å². The van der Waals surface area contributed by atoms with Gasteiger partial charge in [-0.15, -0.1) is 0 Å². The van der Waals surface area contributed by atoms with E-state index in [1.165, 1.54) is 31.2 Å². The first-order chi connectivity index (χ1) is 9.06. The monoisotopic (exact) mass is 261 g/mol. The van der Waals surface area contributed by atoms with Crippen LogP contribution in [0.15, 0.2) is 0 Å². The molecule has 1 aliphatic rings. The van der Waals surface area contributed by atoms with Crippen LogP contribution in [0.25, 0.3) is 0 Å². The Kier molecular flexibility index (Phi) is 4.43. The van der Waals surface area contributed by atoms with Crippen molar-refractivity contribution in [3.63, 3.8) is 0 Å². The number of hydrogen-bond acceptors (Lipinski definition) is 3. The summed E-state index contributed by atoms with van der Waals surface area (Å²) in [6, 6.07) is 0. The lowest BCUT2D eigenvalue weighted by molar-refractivity contribution is 0.516. The van der Waals surface area contributed by atoms with E-state index in [9.17, 15) is 0 Å². The van der Waals surface area contributed by atoms with E-state index in [0.29, 0.717) is 11.8 Å². The molecule has 0 bridgehead atoms. The van der Waals surface area contributed by atoms with Crippen LogP contribution in [0.4, 0.5) is 5.82 Å². The minimum Gasteiger partial charge on any atom is -0.373 e. The second kappa shape index (κ2) is 5.89. The van der Waals surface area contributed by atoms with Crippen molar-refractivity contribution in [3.05, 3.63) is 17.1 Å². The molecule has 1 saturated carbocycles. The minimum atomic E-state index is 0.462. The molecule has 1 N–H and O–H groups in total. The molecule has 1 fully saturated rings. The molecule has 0 spiro atoms. The van der Waals surface area contributed by atoms with Crippen molar-refractivity contribution in [1.82, 2.24) is 9.97 Å². The van der Waals surface area contributed by atoms with Crippen LogP contribution in [-0.4, -0.2) is 17.0 Å². The first-order valence-electron chi connectivity index (χ1n) is 7.62. The fourth-order valence-corrected chi connectivity index (χ4v) is 3.35. The Balaban J connectivity index is 2.31. The van der Waals surface area contributed by atoms with Crippen LogP contribution in [0.5, 0.6) is 0 Å². The molecule has 0 radical (unpaired) electrons. The van der Waals surface area contributed by atoms with Crippen LogP contribution >= 0.6 is 0 Å². The summed E-state index contributed by atoms with van der Waals surface area (Å²) in [5, 5.41) is 3.26. The molecule has 19 heavy (non-hydrogen) atoms. The molecule has 1 heterocycles. The molecular formula is C16H27N3. The van der Waals surface area contributed by atoms with Crippen molar-refractivity contribution in [2.75, 3.05) is 12.4 Å². The van der Waals surface area contributed by atoms with Gasteiger partial charge in [0.05, 0.1) is 0 Å². The number of rotatable bonds is 4. The Morgan fingerprint density at radius 2 is 2.00 bits per heavy atom. The largest absolute Gasteiger partial charge is 0.373 e. The third kappa shape index (κ3) is 2.90. The molecule has 2 rings (SSSR count). The third-order valence-electron chi connectivity index (χ3n) is 4.45. The second-order valence-electron chi connectivity index (χ2n) is 6.12. The summed E-state index contributed by atoms with van der Waals surface area (Å²) >= 11 is 0. The van der Waals surface area contributed by atoms with Gasteiger partial charge in [0.2, 0.25) is 0 Å². The van der Waals surface area contributed by atoms with E-state index < -0.39 is 0 Å². The van der Waals surface area contributed by atoms with Gasteiger partial charge in [0.15, 0.2) is 0 Å². The van der Waals surface area contributed by atoms with Gasteiger partial charge in [-0.05, 0) is 38.0 Å². The molecular weight excluding hydrogens is 234 g/mol. The maximum Gasteiger partial charge on any atom is 0.134 e. The van der Waals surface area contributed by atoms with Crippen LogP contribution in [0.2, 0.25) is 0 Å². The number of aryl methyl sites for hydroxylation is 1. The van der Waals surface area contributed by atoms with Crippen molar-refractivity contribution in [2.24, 2.45) is 5.92 Å². The van der Waals surface area contributed by atoms with Crippen LogP contribution in [0.3, 0.4) is 0 Å². The molecule has 3 nitrogen and oxygen atoms in total. The highest BCUT2D eigenvalue weighted by Gasteiger charge is 2.28. The van der Waals surface area contributed by atoms with Gasteiger partial charge in [0, 0.05) is 24.2 Å². The molecule has 0 amide bonds. The fraction of sp³-hybridized carbons (Fsp3) is 0.750. The second-order valence-corrected chi connectivity index (χ2v) is 6.12. The summed E-state index contributed by atoms with van der Waals surface area (Å²) in [5.41, 5.74) is 2.40. The zero-order valence-electron chi connectivity index (χ0n) is 13.0. The SMILES string of the molecule is CCC1CCC(c2nc(C)c(C(C)C)c(NC)n2)C1. The zero-order chi connectivity index (χ0) is 14.0. The molecule has 2 unspecified atom stereocenters. The summed E-state index contributed by atoms with van der Waals surface area (Å²) in [6.45, 7) is 8.82. The average molecular weight is 261 g/mol. The molecule has 2 atom stereocenters. The highest BCUT2D eigenvalue weighted by molar-refractivity contribution is 5.48. The number of nitrogens with zero attached hydrogens (tertiary/aromatic N) is 2. The van der Waals surface area contributed by atoms with E-state index in [0.717, 1.165) is 23.3 Å². The van der Waals surface area contributed by atoms with E-state index in [1.54, 1.807) is 0 Å². The summed E-state index contributed by atoms with van der Waals surface area (Å²) in [5.74, 6) is 3.98. The van der Waals surface area contributed by atoms with Crippen LogP contribution < -0.4 is 5.32 Å². The van der Waals surface area contributed by atoms with Gasteiger partial charge in [0.1, 0.15) is 11.6 Å². The van der Waals surface area contributed by atoms with E-state index in [2.05, 4.69) is 33.0 Å². The average Bonchev–Trinajstić information content (AvgIpc) is 2.85.